The standard InChI is InChI=1S/C12H6BrClN2O/c13-10-6-8(14)4-5-11(10)17-12-3-1-2-9(7-15)16-12/h1-6H. The van der Waals surface area contributed by atoms with Crippen molar-refractivity contribution in [1.29, 1.82) is 5.26 Å². The molecular weight excluding hydrogens is 304 g/mol. The molecule has 0 aliphatic carbocycles. The Morgan fingerprint density at radius 1 is 1.29 bits per heavy atom. The number of aromatic nitrogens is 1. The predicted octanol–water partition coefficient (Wildman–Crippen LogP) is 4.16. The molecule has 0 saturated carbocycles. The van der Waals surface area contributed by atoms with Crippen LogP contribution in [-0.4, -0.2) is 4.98 Å². The van der Waals surface area contributed by atoms with Gasteiger partial charge in [-0.15, -0.1) is 0 Å². The fraction of sp³-hybridized carbons (Fsp3) is 0. The Labute approximate surface area is 112 Å². The summed E-state index contributed by atoms with van der Waals surface area (Å²) in [7, 11) is 0. The maximum absolute atomic E-state index is 8.72. The molecule has 0 aliphatic heterocycles. The van der Waals surface area contributed by atoms with Crippen molar-refractivity contribution >= 4 is 27.5 Å². The smallest absolute Gasteiger partial charge is 0.220 e. The van der Waals surface area contributed by atoms with Gasteiger partial charge in [0.25, 0.3) is 0 Å². The average molecular weight is 310 g/mol. The molecule has 0 N–H and O–H groups in total. The fourth-order valence-electron chi connectivity index (χ4n) is 1.20. The van der Waals surface area contributed by atoms with Crippen molar-refractivity contribution in [2.75, 3.05) is 0 Å². The van der Waals surface area contributed by atoms with E-state index in [4.69, 9.17) is 21.6 Å². The van der Waals surface area contributed by atoms with Gasteiger partial charge in [-0.3, -0.25) is 0 Å². The second kappa shape index (κ2) is 5.17. The van der Waals surface area contributed by atoms with E-state index in [-0.39, 0.29) is 0 Å². The number of benzene rings is 1. The van der Waals surface area contributed by atoms with Crippen molar-refractivity contribution in [2.45, 2.75) is 0 Å². The summed E-state index contributed by atoms with van der Waals surface area (Å²) in [4.78, 5) is 4.01. The van der Waals surface area contributed by atoms with Gasteiger partial charge < -0.3 is 4.74 Å². The first-order valence-electron chi connectivity index (χ1n) is 4.69. The van der Waals surface area contributed by atoms with Crippen molar-refractivity contribution < 1.29 is 4.74 Å². The highest BCUT2D eigenvalue weighted by Gasteiger charge is 2.05. The van der Waals surface area contributed by atoms with Crippen LogP contribution in [0.2, 0.25) is 5.02 Å². The number of halogens is 2. The maximum Gasteiger partial charge on any atom is 0.220 e. The zero-order valence-electron chi connectivity index (χ0n) is 8.52. The largest absolute Gasteiger partial charge is 0.438 e. The van der Waals surface area contributed by atoms with Crippen molar-refractivity contribution in [3.63, 3.8) is 0 Å². The lowest BCUT2D eigenvalue weighted by Crippen LogP contribution is -1.90. The van der Waals surface area contributed by atoms with Crippen LogP contribution in [0.4, 0.5) is 0 Å². The summed E-state index contributed by atoms with van der Waals surface area (Å²) in [5.74, 6) is 0.962. The van der Waals surface area contributed by atoms with E-state index in [0.717, 1.165) is 4.47 Å². The predicted molar refractivity (Wildman–Crippen MR) is 68.2 cm³/mol. The highest BCUT2D eigenvalue weighted by atomic mass is 79.9. The summed E-state index contributed by atoms with van der Waals surface area (Å²) in [5, 5.41) is 9.34. The summed E-state index contributed by atoms with van der Waals surface area (Å²) < 4.78 is 6.27. The quantitative estimate of drug-likeness (QED) is 0.836. The molecule has 84 valence electrons. The fourth-order valence-corrected chi connectivity index (χ4v) is 1.97. The van der Waals surface area contributed by atoms with Gasteiger partial charge in [0.1, 0.15) is 17.5 Å². The van der Waals surface area contributed by atoms with Gasteiger partial charge in [0, 0.05) is 11.1 Å². The topological polar surface area (TPSA) is 45.9 Å². The van der Waals surface area contributed by atoms with Crippen molar-refractivity contribution in [2.24, 2.45) is 0 Å². The third-order valence-corrected chi connectivity index (χ3v) is 2.80. The Hall–Kier alpha value is -1.57. The zero-order chi connectivity index (χ0) is 12.3. The highest BCUT2D eigenvalue weighted by Crippen LogP contribution is 2.31. The summed E-state index contributed by atoms with van der Waals surface area (Å²) in [6.07, 6.45) is 0. The molecule has 0 saturated heterocycles. The Morgan fingerprint density at radius 2 is 2.12 bits per heavy atom. The Kier molecular flexibility index (Phi) is 3.62. The molecule has 1 aromatic heterocycles. The summed E-state index contributed by atoms with van der Waals surface area (Å²) in [6, 6.07) is 12.1. The number of hydrogen-bond donors (Lipinski definition) is 0. The molecule has 0 bridgehead atoms. The van der Waals surface area contributed by atoms with Gasteiger partial charge in [-0.05, 0) is 40.2 Å². The molecule has 0 aliphatic rings. The van der Waals surface area contributed by atoms with Crippen LogP contribution in [0.3, 0.4) is 0 Å². The van der Waals surface area contributed by atoms with Crippen molar-refractivity contribution in [3.05, 3.63) is 51.6 Å². The lowest BCUT2D eigenvalue weighted by atomic mass is 10.3. The zero-order valence-corrected chi connectivity index (χ0v) is 10.9. The monoisotopic (exact) mass is 308 g/mol. The first-order chi connectivity index (χ1) is 8.19. The molecule has 17 heavy (non-hydrogen) atoms. The maximum atomic E-state index is 8.72. The minimum atomic E-state index is 0.313. The van der Waals surface area contributed by atoms with Crippen LogP contribution in [0.25, 0.3) is 0 Å². The van der Waals surface area contributed by atoms with Crippen molar-refractivity contribution in [1.82, 2.24) is 4.98 Å². The molecule has 3 nitrogen and oxygen atoms in total. The molecule has 0 unspecified atom stereocenters. The van der Waals surface area contributed by atoms with E-state index in [2.05, 4.69) is 20.9 Å². The molecule has 2 rings (SSSR count). The second-order valence-corrected chi connectivity index (χ2v) is 4.44. The van der Waals surface area contributed by atoms with Crippen LogP contribution in [0.5, 0.6) is 11.6 Å². The van der Waals surface area contributed by atoms with Gasteiger partial charge in [0.05, 0.1) is 4.47 Å². The van der Waals surface area contributed by atoms with Crippen molar-refractivity contribution in [3.8, 4) is 17.7 Å². The van der Waals surface area contributed by atoms with E-state index < -0.39 is 0 Å². The molecule has 1 heterocycles. The van der Waals surface area contributed by atoms with Gasteiger partial charge in [-0.2, -0.15) is 5.26 Å². The van der Waals surface area contributed by atoms with Crippen LogP contribution in [0.1, 0.15) is 5.69 Å². The number of nitriles is 1. The molecule has 0 atom stereocenters. The average Bonchev–Trinajstić information content (AvgIpc) is 2.33. The molecule has 5 heteroatoms. The third-order valence-electron chi connectivity index (χ3n) is 1.95. The van der Waals surface area contributed by atoms with Gasteiger partial charge in [-0.25, -0.2) is 4.98 Å². The van der Waals surface area contributed by atoms with E-state index in [1.165, 1.54) is 0 Å². The SMILES string of the molecule is N#Cc1cccc(Oc2ccc(Cl)cc2Br)n1. The first-order valence-corrected chi connectivity index (χ1v) is 5.86. The van der Waals surface area contributed by atoms with Crippen LogP contribution in [0.15, 0.2) is 40.9 Å². The molecular formula is C12H6BrClN2O. The highest BCUT2D eigenvalue weighted by molar-refractivity contribution is 9.10. The number of ether oxygens (including phenoxy) is 1. The van der Waals surface area contributed by atoms with Crippen LogP contribution in [-0.2, 0) is 0 Å². The molecule has 0 spiro atoms. The number of hydrogen-bond acceptors (Lipinski definition) is 3. The van der Waals surface area contributed by atoms with Gasteiger partial charge >= 0.3 is 0 Å². The van der Waals surface area contributed by atoms with E-state index in [1.807, 2.05) is 6.07 Å². The minimum Gasteiger partial charge on any atom is -0.438 e. The summed E-state index contributed by atoms with van der Waals surface area (Å²) in [6.45, 7) is 0. The van der Waals surface area contributed by atoms with Crippen LogP contribution >= 0.6 is 27.5 Å². The van der Waals surface area contributed by atoms with E-state index in [0.29, 0.717) is 22.3 Å². The first kappa shape index (κ1) is 11.9. The Bertz CT molecular complexity index is 595. The van der Waals surface area contributed by atoms with E-state index in [1.54, 1.807) is 36.4 Å². The normalized spacial score (nSPS) is 9.71. The Balaban J connectivity index is 2.28. The second-order valence-electron chi connectivity index (χ2n) is 3.15. The molecule has 0 fully saturated rings. The molecule has 0 amide bonds. The lowest BCUT2D eigenvalue weighted by Gasteiger charge is -2.06. The number of nitrogens with zero attached hydrogens (tertiary/aromatic N) is 2. The van der Waals surface area contributed by atoms with Gasteiger partial charge in [-0.1, -0.05) is 17.7 Å². The third kappa shape index (κ3) is 2.96. The number of rotatable bonds is 2. The molecule has 2 aromatic rings. The Morgan fingerprint density at radius 3 is 2.82 bits per heavy atom. The van der Waals surface area contributed by atoms with Gasteiger partial charge in [0.15, 0.2) is 0 Å². The summed E-state index contributed by atoms with van der Waals surface area (Å²) in [5.41, 5.74) is 0.313. The van der Waals surface area contributed by atoms with E-state index in [9.17, 15) is 0 Å². The van der Waals surface area contributed by atoms with Crippen LogP contribution < -0.4 is 4.74 Å². The number of pyridine rings is 1. The van der Waals surface area contributed by atoms with Crippen LogP contribution in [0, 0.1) is 11.3 Å². The summed E-state index contributed by atoms with van der Waals surface area (Å²) >= 11 is 9.16. The van der Waals surface area contributed by atoms with Gasteiger partial charge in [0.2, 0.25) is 5.88 Å². The minimum absolute atomic E-state index is 0.313. The lowest BCUT2D eigenvalue weighted by molar-refractivity contribution is 0.459. The molecule has 0 radical (unpaired) electrons. The van der Waals surface area contributed by atoms with E-state index >= 15 is 0 Å². The molecule has 1 aromatic carbocycles.